The SMILES string of the molecule is C[C@H](C(=O)OCc1ccccc1)C1CCCCO1. The minimum Gasteiger partial charge on any atom is -0.461 e. The number of carbonyl (C=O) groups excluding carboxylic acids is 1. The number of ether oxygens (including phenoxy) is 2. The zero-order chi connectivity index (χ0) is 12.8. The van der Waals surface area contributed by atoms with Gasteiger partial charge in [0.2, 0.25) is 0 Å². The van der Waals surface area contributed by atoms with Gasteiger partial charge in [-0.2, -0.15) is 0 Å². The standard InChI is InChI=1S/C15H20O3/c1-12(14-9-5-6-10-17-14)15(16)18-11-13-7-3-2-4-8-13/h2-4,7-8,12,14H,5-6,9-11H2,1H3/t12-,14?/m0/s1. The Morgan fingerprint density at radius 3 is 2.83 bits per heavy atom. The summed E-state index contributed by atoms with van der Waals surface area (Å²) in [6.07, 6.45) is 3.23. The van der Waals surface area contributed by atoms with Crippen molar-refractivity contribution in [2.24, 2.45) is 5.92 Å². The van der Waals surface area contributed by atoms with Crippen LogP contribution in [0.2, 0.25) is 0 Å². The molecule has 1 unspecified atom stereocenters. The molecule has 0 amide bonds. The first-order valence-corrected chi connectivity index (χ1v) is 6.59. The first kappa shape index (κ1) is 13.1. The van der Waals surface area contributed by atoms with Gasteiger partial charge in [0.1, 0.15) is 6.61 Å². The molecule has 1 fully saturated rings. The van der Waals surface area contributed by atoms with E-state index in [0.29, 0.717) is 6.61 Å². The summed E-state index contributed by atoms with van der Waals surface area (Å²) >= 11 is 0. The van der Waals surface area contributed by atoms with Gasteiger partial charge < -0.3 is 9.47 Å². The Labute approximate surface area is 108 Å². The van der Waals surface area contributed by atoms with Crippen LogP contribution in [0.25, 0.3) is 0 Å². The summed E-state index contributed by atoms with van der Waals surface area (Å²) in [6.45, 7) is 3.00. The maximum absolute atomic E-state index is 11.9. The smallest absolute Gasteiger partial charge is 0.311 e. The average Bonchev–Trinajstić information content (AvgIpc) is 2.46. The summed E-state index contributed by atoms with van der Waals surface area (Å²) in [5.41, 5.74) is 1.02. The molecular weight excluding hydrogens is 228 g/mol. The van der Waals surface area contributed by atoms with Crippen molar-refractivity contribution in [1.29, 1.82) is 0 Å². The van der Waals surface area contributed by atoms with Crippen LogP contribution in [0.1, 0.15) is 31.7 Å². The molecule has 0 bridgehead atoms. The van der Waals surface area contributed by atoms with E-state index in [4.69, 9.17) is 9.47 Å². The predicted octanol–water partition coefficient (Wildman–Crippen LogP) is 2.94. The number of carbonyl (C=O) groups is 1. The lowest BCUT2D eigenvalue weighted by Gasteiger charge is -2.26. The second-order valence-electron chi connectivity index (χ2n) is 4.79. The highest BCUT2D eigenvalue weighted by atomic mass is 16.5. The van der Waals surface area contributed by atoms with Gasteiger partial charge in [-0.05, 0) is 31.7 Å². The van der Waals surface area contributed by atoms with Crippen LogP contribution in [0.3, 0.4) is 0 Å². The van der Waals surface area contributed by atoms with Crippen LogP contribution in [0.5, 0.6) is 0 Å². The number of rotatable bonds is 4. The van der Waals surface area contributed by atoms with Crippen molar-refractivity contribution in [3.63, 3.8) is 0 Å². The van der Waals surface area contributed by atoms with Crippen LogP contribution in [-0.2, 0) is 20.9 Å². The second kappa shape index (κ2) is 6.55. The first-order chi connectivity index (χ1) is 8.77. The fraction of sp³-hybridized carbons (Fsp3) is 0.533. The van der Waals surface area contributed by atoms with Crippen molar-refractivity contribution in [2.45, 2.75) is 38.9 Å². The maximum atomic E-state index is 11.9. The van der Waals surface area contributed by atoms with Crippen molar-refractivity contribution >= 4 is 5.97 Å². The molecule has 1 aliphatic heterocycles. The van der Waals surface area contributed by atoms with Gasteiger partial charge in [0, 0.05) is 6.61 Å². The van der Waals surface area contributed by atoms with Crippen LogP contribution < -0.4 is 0 Å². The molecular formula is C15H20O3. The van der Waals surface area contributed by atoms with E-state index in [1.165, 1.54) is 0 Å². The van der Waals surface area contributed by atoms with Gasteiger partial charge in [-0.1, -0.05) is 30.3 Å². The van der Waals surface area contributed by atoms with Gasteiger partial charge >= 0.3 is 5.97 Å². The highest BCUT2D eigenvalue weighted by molar-refractivity contribution is 5.72. The topological polar surface area (TPSA) is 35.5 Å². The molecule has 1 heterocycles. The van der Waals surface area contributed by atoms with Gasteiger partial charge in [-0.15, -0.1) is 0 Å². The third kappa shape index (κ3) is 3.57. The van der Waals surface area contributed by atoms with Crippen LogP contribution >= 0.6 is 0 Å². The fourth-order valence-electron chi connectivity index (χ4n) is 2.17. The molecule has 0 aromatic heterocycles. The minimum atomic E-state index is -0.172. The molecule has 3 heteroatoms. The Morgan fingerprint density at radius 1 is 1.39 bits per heavy atom. The van der Waals surface area contributed by atoms with E-state index in [-0.39, 0.29) is 18.0 Å². The molecule has 18 heavy (non-hydrogen) atoms. The Balaban J connectivity index is 1.80. The predicted molar refractivity (Wildman–Crippen MR) is 69.0 cm³/mol. The Kier molecular flexibility index (Phi) is 4.76. The molecule has 0 aliphatic carbocycles. The van der Waals surface area contributed by atoms with Gasteiger partial charge in [0.05, 0.1) is 12.0 Å². The second-order valence-corrected chi connectivity index (χ2v) is 4.79. The Morgan fingerprint density at radius 2 is 2.17 bits per heavy atom. The molecule has 1 aromatic carbocycles. The summed E-state index contributed by atoms with van der Waals surface area (Å²) in [5.74, 6) is -0.334. The third-order valence-corrected chi connectivity index (χ3v) is 3.37. The molecule has 0 spiro atoms. The van der Waals surface area contributed by atoms with Gasteiger partial charge in [0.15, 0.2) is 0 Å². The quantitative estimate of drug-likeness (QED) is 0.768. The molecule has 0 radical (unpaired) electrons. The number of benzene rings is 1. The van der Waals surface area contributed by atoms with Crippen LogP contribution in [0.15, 0.2) is 30.3 Å². The van der Waals surface area contributed by atoms with E-state index in [2.05, 4.69) is 0 Å². The van der Waals surface area contributed by atoms with Gasteiger partial charge in [0.25, 0.3) is 0 Å². The lowest BCUT2D eigenvalue weighted by Crippen LogP contribution is -2.32. The van der Waals surface area contributed by atoms with E-state index in [1.807, 2.05) is 37.3 Å². The summed E-state index contributed by atoms with van der Waals surface area (Å²) in [7, 11) is 0. The highest BCUT2D eigenvalue weighted by Crippen LogP contribution is 2.21. The van der Waals surface area contributed by atoms with Crippen molar-refractivity contribution in [2.75, 3.05) is 6.61 Å². The van der Waals surface area contributed by atoms with Gasteiger partial charge in [-0.3, -0.25) is 4.79 Å². The molecule has 1 aromatic rings. The van der Waals surface area contributed by atoms with Crippen LogP contribution in [-0.4, -0.2) is 18.7 Å². The van der Waals surface area contributed by atoms with Gasteiger partial charge in [-0.25, -0.2) is 0 Å². The van der Waals surface area contributed by atoms with E-state index in [1.54, 1.807) is 0 Å². The minimum absolute atomic E-state index is 0.0297. The van der Waals surface area contributed by atoms with Crippen molar-refractivity contribution in [1.82, 2.24) is 0 Å². The fourth-order valence-corrected chi connectivity index (χ4v) is 2.17. The highest BCUT2D eigenvalue weighted by Gasteiger charge is 2.27. The maximum Gasteiger partial charge on any atom is 0.311 e. The molecule has 0 N–H and O–H groups in total. The lowest BCUT2D eigenvalue weighted by atomic mass is 9.97. The largest absolute Gasteiger partial charge is 0.461 e. The Hall–Kier alpha value is -1.35. The summed E-state index contributed by atoms with van der Waals surface area (Å²) in [6, 6.07) is 9.74. The van der Waals surface area contributed by atoms with Crippen molar-refractivity contribution in [3.8, 4) is 0 Å². The van der Waals surface area contributed by atoms with E-state index in [9.17, 15) is 4.79 Å². The van der Waals surface area contributed by atoms with Crippen molar-refractivity contribution in [3.05, 3.63) is 35.9 Å². The number of esters is 1. The zero-order valence-corrected chi connectivity index (χ0v) is 10.8. The van der Waals surface area contributed by atoms with E-state index in [0.717, 1.165) is 31.4 Å². The van der Waals surface area contributed by atoms with E-state index < -0.39 is 0 Å². The number of hydrogen-bond acceptors (Lipinski definition) is 3. The molecule has 0 saturated carbocycles. The van der Waals surface area contributed by atoms with E-state index >= 15 is 0 Å². The third-order valence-electron chi connectivity index (χ3n) is 3.37. The summed E-state index contributed by atoms with van der Waals surface area (Å²) in [4.78, 5) is 11.9. The first-order valence-electron chi connectivity index (χ1n) is 6.59. The molecule has 2 atom stereocenters. The molecule has 3 nitrogen and oxygen atoms in total. The molecule has 98 valence electrons. The lowest BCUT2D eigenvalue weighted by molar-refractivity contribution is -0.156. The van der Waals surface area contributed by atoms with Crippen LogP contribution in [0, 0.1) is 5.92 Å². The summed E-state index contributed by atoms with van der Waals surface area (Å²) < 4.78 is 10.9. The summed E-state index contributed by atoms with van der Waals surface area (Å²) in [5, 5.41) is 0. The molecule has 2 rings (SSSR count). The molecule has 1 saturated heterocycles. The van der Waals surface area contributed by atoms with Crippen molar-refractivity contribution < 1.29 is 14.3 Å². The van der Waals surface area contributed by atoms with Crippen LogP contribution in [0.4, 0.5) is 0 Å². The monoisotopic (exact) mass is 248 g/mol. The number of hydrogen-bond donors (Lipinski definition) is 0. The normalized spacial score (nSPS) is 21.3. The molecule has 1 aliphatic rings. The average molecular weight is 248 g/mol. The Bertz CT molecular complexity index is 369. The zero-order valence-electron chi connectivity index (χ0n) is 10.8.